The van der Waals surface area contributed by atoms with Gasteiger partial charge in [0.25, 0.3) is 11.6 Å². The van der Waals surface area contributed by atoms with Gasteiger partial charge in [-0.1, -0.05) is 24.3 Å². The predicted octanol–water partition coefficient (Wildman–Crippen LogP) is 2.55. The smallest absolute Gasteiger partial charge is 0.344 e. The number of non-ortho nitro benzene ring substituents is 1. The van der Waals surface area contributed by atoms with Crippen molar-refractivity contribution >= 4 is 29.7 Å². The number of urea groups is 1. The maximum atomic E-state index is 12.8. The maximum Gasteiger partial charge on any atom is 0.344 e. The molecule has 1 aliphatic heterocycles. The number of amides is 3. The third-order valence-corrected chi connectivity index (χ3v) is 4.62. The standard InChI is InChI=1S/C21H19N3O8/c1-12(20(26)27)32-18-14(4-3-5-17(18)31-2)10-16-19(25)23(21(28)22-16)11-13-6-8-15(9-7-13)24(29)30/h3-10,12H,11H2,1-2H3,(H,22,28)(H,26,27)/b16-10-/t12-/m1/s1. The second-order valence-electron chi connectivity index (χ2n) is 6.78. The first kappa shape index (κ1) is 22.3. The number of carbonyl (C=O) groups excluding carboxylic acids is 2. The van der Waals surface area contributed by atoms with Crippen molar-refractivity contribution in [2.45, 2.75) is 19.6 Å². The topological polar surface area (TPSA) is 148 Å². The molecule has 0 bridgehead atoms. The van der Waals surface area contributed by atoms with Gasteiger partial charge in [-0.25, -0.2) is 9.59 Å². The van der Waals surface area contributed by atoms with Crippen molar-refractivity contribution in [3.63, 3.8) is 0 Å². The molecule has 2 N–H and O–H groups in total. The van der Waals surface area contributed by atoms with E-state index in [1.165, 1.54) is 44.4 Å². The summed E-state index contributed by atoms with van der Waals surface area (Å²) in [7, 11) is 1.39. The van der Waals surface area contributed by atoms with E-state index in [1.807, 2.05) is 0 Å². The van der Waals surface area contributed by atoms with Crippen LogP contribution in [0.3, 0.4) is 0 Å². The second-order valence-corrected chi connectivity index (χ2v) is 6.78. The Hall–Kier alpha value is -4.41. The van der Waals surface area contributed by atoms with Crippen molar-refractivity contribution in [2.75, 3.05) is 7.11 Å². The van der Waals surface area contributed by atoms with Crippen LogP contribution in [0.15, 0.2) is 48.2 Å². The van der Waals surface area contributed by atoms with Gasteiger partial charge in [0.2, 0.25) is 0 Å². The molecule has 1 aliphatic rings. The summed E-state index contributed by atoms with van der Waals surface area (Å²) in [5, 5.41) is 22.4. The molecule has 32 heavy (non-hydrogen) atoms. The number of rotatable bonds is 8. The zero-order chi connectivity index (χ0) is 23.4. The van der Waals surface area contributed by atoms with Crippen molar-refractivity contribution in [3.05, 3.63) is 69.4 Å². The van der Waals surface area contributed by atoms with Crippen LogP contribution in [0.5, 0.6) is 11.5 Å². The molecule has 11 heteroatoms. The summed E-state index contributed by atoms with van der Waals surface area (Å²) >= 11 is 0. The Kier molecular flexibility index (Phi) is 6.38. The van der Waals surface area contributed by atoms with Gasteiger partial charge in [-0.05, 0) is 24.6 Å². The van der Waals surface area contributed by atoms with Gasteiger partial charge in [-0.3, -0.25) is 19.8 Å². The fourth-order valence-electron chi connectivity index (χ4n) is 2.94. The summed E-state index contributed by atoms with van der Waals surface area (Å²) in [6.45, 7) is 1.26. The number of carboxylic acids is 1. The second kappa shape index (κ2) is 9.16. The monoisotopic (exact) mass is 441 g/mol. The Balaban J connectivity index is 1.87. The molecule has 1 fully saturated rings. The summed E-state index contributed by atoms with van der Waals surface area (Å²) in [5.41, 5.74) is 0.713. The molecule has 1 saturated heterocycles. The van der Waals surface area contributed by atoms with Gasteiger partial charge in [0.1, 0.15) is 5.70 Å². The van der Waals surface area contributed by atoms with Crippen molar-refractivity contribution in [3.8, 4) is 11.5 Å². The zero-order valence-corrected chi connectivity index (χ0v) is 17.1. The van der Waals surface area contributed by atoms with Gasteiger partial charge in [-0.2, -0.15) is 0 Å². The van der Waals surface area contributed by atoms with E-state index in [4.69, 9.17) is 14.6 Å². The number of carboxylic acid groups (broad SMARTS) is 1. The Labute approximate surface area is 182 Å². The summed E-state index contributed by atoms with van der Waals surface area (Å²) in [4.78, 5) is 47.5. The van der Waals surface area contributed by atoms with Gasteiger partial charge in [0.05, 0.1) is 18.6 Å². The van der Waals surface area contributed by atoms with Crippen LogP contribution in [-0.4, -0.2) is 46.1 Å². The molecule has 3 rings (SSSR count). The fraction of sp³-hybridized carbons (Fsp3) is 0.190. The Morgan fingerprint density at radius 2 is 1.94 bits per heavy atom. The SMILES string of the molecule is COc1cccc(/C=C2\NC(=O)N(Cc3ccc([N+](=O)[O-])cc3)C2=O)c1O[C@H](C)C(=O)O. The molecule has 2 aromatic carbocycles. The third-order valence-electron chi connectivity index (χ3n) is 4.62. The summed E-state index contributed by atoms with van der Waals surface area (Å²) < 4.78 is 10.7. The lowest BCUT2D eigenvalue weighted by molar-refractivity contribution is -0.384. The van der Waals surface area contributed by atoms with Crippen LogP contribution in [0.25, 0.3) is 6.08 Å². The molecule has 1 atom stereocenters. The number of aliphatic carboxylic acids is 1. The summed E-state index contributed by atoms with van der Waals surface area (Å²) in [6, 6.07) is 9.61. The fourth-order valence-corrected chi connectivity index (χ4v) is 2.94. The quantitative estimate of drug-likeness (QED) is 0.275. The minimum Gasteiger partial charge on any atom is -0.493 e. The molecular weight excluding hydrogens is 422 g/mol. The van der Waals surface area contributed by atoms with Crippen LogP contribution in [0.2, 0.25) is 0 Å². The van der Waals surface area contributed by atoms with E-state index >= 15 is 0 Å². The maximum absolute atomic E-state index is 12.8. The highest BCUT2D eigenvalue weighted by Gasteiger charge is 2.34. The third kappa shape index (κ3) is 4.67. The summed E-state index contributed by atoms with van der Waals surface area (Å²) in [6.07, 6.45) is 0.179. The molecule has 0 aromatic heterocycles. The van der Waals surface area contributed by atoms with Crippen LogP contribution in [0, 0.1) is 10.1 Å². The molecule has 0 aliphatic carbocycles. The number of ether oxygens (including phenoxy) is 2. The van der Waals surface area contributed by atoms with Crippen LogP contribution in [-0.2, 0) is 16.1 Å². The molecule has 3 amide bonds. The number of benzene rings is 2. The number of hydrogen-bond acceptors (Lipinski definition) is 7. The molecule has 0 spiro atoms. The van der Waals surface area contributed by atoms with Gasteiger partial charge in [0, 0.05) is 17.7 Å². The van der Waals surface area contributed by atoms with Crippen molar-refractivity contribution in [1.29, 1.82) is 0 Å². The van der Waals surface area contributed by atoms with Gasteiger partial charge in [0.15, 0.2) is 17.6 Å². The van der Waals surface area contributed by atoms with Crippen LogP contribution in [0.1, 0.15) is 18.1 Å². The van der Waals surface area contributed by atoms with Crippen molar-refractivity contribution in [1.82, 2.24) is 10.2 Å². The Morgan fingerprint density at radius 3 is 2.53 bits per heavy atom. The first-order valence-electron chi connectivity index (χ1n) is 9.35. The van der Waals surface area contributed by atoms with E-state index in [0.717, 1.165) is 4.90 Å². The number of para-hydroxylation sites is 1. The van der Waals surface area contributed by atoms with E-state index in [-0.39, 0.29) is 29.4 Å². The van der Waals surface area contributed by atoms with Crippen LogP contribution >= 0.6 is 0 Å². The molecule has 0 unspecified atom stereocenters. The van der Waals surface area contributed by atoms with E-state index in [2.05, 4.69) is 5.32 Å². The lowest BCUT2D eigenvalue weighted by Crippen LogP contribution is -2.30. The van der Waals surface area contributed by atoms with Gasteiger partial charge >= 0.3 is 12.0 Å². The number of nitro benzene ring substituents is 1. The highest BCUT2D eigenvalue weighted by atomic mass is 16.6. The Bertz CT molecular complexity index is 1110. The number of hydrogen-bond donors (Lipinski definition) is 2. The number of carbonyl (C=O) groups is 3. The lowest BCUT2D eigenvalue weighted by Gasteiger charge is -2.16. The number of nitro groups is 1. The molecule has 1 heterocycles. The van der Waals surface area contributed by atoms with Crippen molar-refractivity contribution in [2.24, 2.45) is 0 Å². The largest absolute Gasteiger partial charge is 0.493 e. The van der Waals surface area contributed by atoms with Crippen LogP contribution in [0.4, 0.5) is 10.5 Å². The minimum atomic E-state index is -1.19. The van der Waals surface area contributed by atoms with E-state index in [0.29, 0.717) is 11.1 Å². The average molecular weight is 441 g/mol. The minimum absolute atomic E-state index is 0.0435. The number of nitrogens with zero attached hydrogens (tertiary/aromatic N) is 2. The van der Waals surface area contributed by atoms with E-state index in [9.17, 15) is 24.5 Å². The highest BCUT2D eigenvalue weighted by molar-refractivity contribution is 6.14. The van der Waals surface area contributed by atoms with E-state index < -0.39 is 28.9 Å². The highest BCUT2D eigenvalue weighted by Crippen LogP contribution is 2.34. The first-order valence-corrected chi connectivity index (χ1v) is 9.35. The van der Waals surface area contributed by atoms with Crippen molar-refractivity contribution < 1.29 is 33.9 Å². The van der Waals surface area contributed by atoms with Gasteiger partial charge < -0.3 is 19.9 Å². The molecule has 11 nitrogen and oxygen atoms in total. The molecule has 166 valence electrons. The molecular formula is C21H19N3O8. The number of nitrogens with one attached hydrogen (secondary N) is 1. The summed E-state index contributed by atoms with van der Waals surface area (Å²) in [5.74, 6) is -1.44. The number of imide groups is 1. The molecule has 0 saturated carbocycles. The molecule has 0 radical (unpaired) electrons. The molecule has 2 aromatic rings. The van der Waals surface area contributed by atoms with Gasteiger partial charge in [-0.15, -0.1) is 0 Å². The number of methoxy groups -OCH3 is 1. The first-order chi connectivity index (χ1) is 15.2. The lowest BCUT2D eigenvalue weighted by atomic mass is 10.1. The average Bonchev–Trinajstić information content (AvgIpc) is 3.02. The van der Waals surface area contributed by atoms with Crippen LogP contribution < -0.4 is 14.8 Å². The normalized spacial score (nSPS) is 15.4. The zero-order valence-electron chi connectivity index (χ0n) is 17.1. The predicted molar refractivity (Wildman–Crippen MR) is 111 cm³/mol. The van der Waals surface area contributed by atoms with E-state index in [1.54, 1.807) is 18.2 Å². The Morgan fingerprint density at radius 1 is 1.25 bits per heavy atom.